The van der Waals surface area contributed by atoms with Crippen molar-refractivity contribution in [1.29, 1.82) is 0 Å². The molecule has 5 heteroatoms. The third-order valence-electron chi connectivity index (χ3n) is 2.04. The maximum Gasteiger partial charge on any atom is 0.171 e. The Labute approximate surface area is 105 Å². The monoisotopic (exact) mass is 302 g/mol. The summed E-state index contributed by atoms with van der Waals surface area (Å²) in [7, 11) is 0. The molecule has 2 heterocycles. The molecule has 2 nitrogen and oxygen atoms in total. The fourth-order valence-corrected chi connectivity index (χ4v) is 2.48. The van der Waals surface area contributed by atoms with Crippen LogP contribution in [0.4, 0.5) is 0 Å². The van der Waals surface area contributed by atoms with Crippen molar-refractivity contribution >= 4 is 38.9 Å². The first-order valence-corrected chi connectivity index (χ1v) is 6.38. The van der Waals surface area contributed by atoms with E-state index in [1.807, 2.05) is 19.2 Å². The van der Waals surface area contributed by atoms with Crippen LogP contribution in [-0.4, -0.2) is 9.97 Å². The molecule has 0 atom stereocenters. The third kappa shape index (κ3) is 2.07. The van der Waals surface area contributed by atoms with Crippen LogP contribution in [0.25, 0.3) is 10.7 Å². The van der Waals surface area contributed by atoms with Gasteiger partial charge < -0.3 is 0 Å². The van der Waals surface area contributed by atoms with Crippen molar-refractivity contribution < 1.29 is 0 Å². The van der Waals surface area contributed by atoms with Gasteiger partial charge in [0, 0.05) is 0 Å². The van der Waals surface area contributed by atoms with Gasteiger partial charge in [0.1, 0.15) is 5.15 Å². The minimum atomic E-state index is 0.463. The summed E-state index contributed by atoms with van der Waals surface area (Å²) < 4.78 is 0.766. The molecule has 2 rings (SSSR count). The van der Waals surface area contributed by atoms with E-state index in [9.17, 15) is 0 Å². The molecule has 0 unspecified atom stereocenters. The number of hydrogen-bond acceptors (Lipinski definition) is 3. The van der Waals surface area contributed by atoms with Gasteiger partial charge in [-0.15, -0.1) is 11.3 Å². The molecule has 15 heavy (non-hydrogen) atoms. The summed E-state index contributed by atoms with van der Waals surface area (Å²) in [5.74, 6) is 0.702. The largest absolute Gasteiger partial charge is 0.231 e. The van der Waals surface area contributed by atoms with Gasteiger partial charge in [0.15, 0.2) is 5.82 Å². The second kappa shape index (κ2) is 4.20. The van der Waals surface area contributed by atoms with Gasteiger partial charge in [-0.3, -0.25) is 0 Å². The highest BCUT2D eigenvalue weighted by Gasteiger charge is 2.11. The summed E-state index contributed by atoms with van der Waals surface area (Å²) in [6.45, 7) is 3.95. The predicted molar refractivity (Wildman–Crippen MR) is 67.5 cm³/mol. The third-order valence-corrected chi connectivity index (χ3v) is 4.51. The normalized spacial score (nSPS) is 10.7. The number of halogens is 2. The zero-order valence-electron chi connectivity index (χ0n) is 8.21. The SMILES string of the molecule is Cc1ccsc1-c1nc(C)c(Br)c(Cl)n1. The Bertz CT molecular complexity index is 487. The number of aryl methyl sites for hydroxylation is 2. The molecule has 0 fully saturated rings. The molecule has 0 N–H and O–H groups in total. The maximum atomic E-state index is 6.00. The molecular weight excluding hydrogens is 296 g/mol. The lowest BCUT2D eigenvalue weighted by molar-refractivity contribution is 1.10. The minimum Gasteiger partial charge on any atom is -0.231 e. The van der Waals surface area contributed by atoms with Crippen LogP contribution >= 0.6 is 38.9 Å². The van der Waals surface area contributed by atoms with Crippen LogP contribution in [0.15, 0.2) is 15.9 Å². The molecule has 2 aromatic heterocycles. The predicted octanol–water partition coefficient (Wildman–Crippen LogP) is 4.24. The number of aromatic nitrogens is 2. The number of nitrogens with zero attached hydrogens (tertiary/aromatic N) is 2. The zero-order chi connectivity index (χ0) is 11.0. The summed E-state index contributed by atoms with van der Waals surface area (Å²) >= 11 is 11.0. The van der Waals surface area contributed by atoms with E-state index < -0.39 is 0 Å². The maximum absolute atomic E-state index is 6.00. The highest BCUT2D eigenvalue weighted by Crippen LogP contribution is 2.30. The Kier molecular flexibility index (Phi) is 3.09. The van der Waals surface area contributed by atoms with Crippen LogP contribution in [0.5, 0.6) is 0 Å². The van der Waals surface area contributed by atoms with Gasteiger partial charge in [0.2, 0.25) is 0 Å². The average Bonchev–Trinajstić information content (AvgIpc) is 2.60. The van der Waals surface area contributed by atoms with Crippen molar-refractivity contribution in [3.8, 4) is 10.7 Å². The molecule has 2 aromatic rings. The van der Waals surface area contributed by atoms with Crippen LogP contribution in [0.1, 0.15) is 11.3 Å². The second-order valence-corrected chi connectivity index (χ2v) is 5.24. The summed E-state index contributed by atoms with van der Waals surface area (Å²) in [5, 5.41) is 2.49. The Morgan fingerprint density at radius 2 is 2.07 bits per heavy atom. The molecule has 0 spiro atoms. The fraction of sp³-hybridized carbons (Fsp3) is 0.200. The van der Waals surface area contributed by atoms with Gasteiger partial charge in [0.25, 0.3) is 0 Å². The van der Waals surface area contributed by atoms with E-state index in [2.05, 4.69) is 32.0 Å². The summed E-state index contributed by atoms with van der Waals surface area (Å²) in [6, 6.07) is 2.05. The van der Waals surface area contributed by atoms with Gasteiger partial charge in [-0.2, -0.15) is 0 Å². The highest BCUT2D eigenvalue weighted by atomic mass is 79.9. The highest BCUT2D eigenvalue weighted by molar-refractivity contribution is 9.10. The van der Waals surface area contributed by atoms with E-state index in [1.54, 1.807) is 11.3 Å². The van der Waals surface area contributed by atoms with E-state index in [-0.39, 0.29) is 0 Å². The van der Waals surface area contributed by atoms with Crippen LogP contribution in [0.2, 0.25) is 5.15 Å². The number of thiophene rings is 1. The minimum absolute atomic E-state index is 0.463. The van der Waals surface area contributed by atoms with E-state index in [4.69, 9.17) is 11.6 Å². The lowest BCUT2D eigenvalue weighted by atomic mass is 10.3. The quantitative estimate of drug-likeness (QED) is 0.737. The molecule has 0 aromatic carbocycles. The Morgan fingerprint density at radius 1 is 1.33 bits per heavy atom. The molecule has 0 aliphatic rings. The topological polar surface area (TPSA) is 25.8 Å². The van der Waals surface area contributed by atoms with Crippen molar-refractivity contribution in [3.05, 3.63) is 32.3 Å². The van der Waals surface area contributed by atoms with Crippen LogP contribution in [0, 0.1) is 13.8 Å². The lowest BCUT2D eigenvalue weighted by Crippen LogP contribution is -1.93. The van der Waals surface area contributed by atoms with Crippen molar-refractivity contribution in [2.45, 2.75) is 13.8 Å². The zero-order valence-corrected chi connectivity index (χ0v) is 11.4. The smallest absolute Gasteiger partial charge is 0.171 e. The van der Waals surface area contributed by atoms with E-state index >= 15 is 0 Å². The van der Waals surface area contributed by atoms with Gasteiger partial charge in [-0.1, -0.05) is 11.6 Å². The summed E-state index contributed by atoms with van der Waals surface area (Å²) in [5.41, 5.74) is 2.04. The molecule has 0 saturated heterocycles. The first-order chi connectivity index (χ1) is 7.09. The second-order valence-electron chi connectivity index (χ2n) is 3.17. The summed E-state index contributed by atoms with van der Waals surface area (Å²) in [6.07, 6.45) is 0. The lowest BCUT2D eigenvalue weighted by Gasteiger charge is -2.03. The van der Waals surface area contributed by atoms with Gasteiger partial charge in [-0.05, 0) is 46.8 Å². The van der Waals surface area contributed by atoms with Crippen molar-refractivity contribution in [1.82, 2.24) is 9.97 Å². The Morgan fingerprint density at radius 3 is 2.60 bits per heavy atom. The molecular formula is C10H8BrClN2S. The molecule has 0 aliphatic heterocycles. The Hall–Kier alpha value is -0.450. The average molecular weight is 304 g/mol. The molecule has 0 aliphatic carbocycles. The van der Waals surface area contributed by atoms with Crippen molar-refractivity contribution in [2.24, 2.45) is 0 Å². The number of rotatable bonds is 1. The van der Waals surface area contributed by atoms with Gasteiger partial charge in [0.05, 0.1) is 15.0 Å². The molecule has 0 amide bonds. The van der Waals surface area contributed by atoms with Crippen molar-refractivity contribution in [3.63, 3.8) is 0 Å². The number of hydrogen-bond donors (Lipinski definition) is 0. The molecule has 78 valence electrons. The van der Waals surface area contributed by atoms with E-state index in [0.29, 0.717) is 11.0 Å². The molecule has 0 bridgehead atoms. The standard InChI is InChI=1S/C10H8BrClN2S/c1-5-3-4-15-8(5)10-13-6(2)7(11)9(12)14-10/h3-4H,1-2H3. The van der Waals surface area contributed by atoms with Gasteiger partial charge in [-0.25, -0.2) is 9.97 Å². The van der Waals surface area contributed by atoms with Crippen LogP contribution in [0.3, 0.4) is 0 Å². The summed E-state index contributed by atoms with van der Waals surface area (Å²) in [4.78, 5) is 9.74. The Balaban J connectivity index is 2.60. The van der Waals surface area contributed by atoms with Crippen molar-refractivity contribution in [2.75, 3.05) is 0 Å². The molecule has 0 saturated carbocycles. The fourth-order valence-electron chi connectivity index (χ4n) is 1.23. The van der Waals surface area contributed by atoms with E-state index in [0.717, 1.165) is 15.0 Å². The van der Waals surface area contributed by atoms with Crippen LogP contribution in [-0.2, 0) is 0 Å². The van der Waals surface area contributed by atoms with Crippen LogP contribution < -0.4 is 0 Å². The first-order valence-electron chi connectivity index (χ1n) is 4.33. The van der Waals surface area contributed by atoms with Gasteiger partial charge >= 0.3 is 0 Å². The first kappa shape index (κ1) is 11.0. The molecule has 0 radical (unpaired) electrons. The van der Waals surface area contributed by atoms with E-state index in [1.165, 1.54) is 5.56 Å².